The number of carbonyl (C=O) groups is 1. The number of hydrogen-bond acceptors (Lipinski definition) is 5. The van der Waals surface area contributed by atoms with Crippen LogP contribution in [0.3, 0.4) is 0 Å². The Morgan fingerprint density at radius 2 is 1.94 bits per heavy atom. The van der Waals surface area contributed by atoms with Gasteiger partial charge in [-0.2, -0.15) is 0 Å². The van der Waals surface area contributed by atoms with E-state index in [4.69, 9.17) is 14.5 Å². The van der Waals surface area contributed by atoms with Crippen LogP contribution in [-0.4, -0.2) is 46.6 Å². The lowest BCUT2D eigenvalue weighted by Gasteiger charge is -2.34. The first-order chi connectivity index (χ1) is 15.1. The van der Waals surface area contributed by atoms with Gasteiger partial charge in [-0.15, -0.1) is 0 Å². The molecule has 7 heteroatoms. The Balaban J connectivity index is 1.42. The van der Waals surface area contributed by atoms with Crippen LogP contribution in [0.15, 0.2) is 36.7 Å². The normalized spacial score (nSPS) is 25.0. The summed E-state index contributed by atoms with van der Waals surface area (Å²) in [7, 11) is 3.45. The van der Waals surface area contributed by atoms with Crippen molar-refractivity contribution in [1.29, 1.82) is 0 Å². The van der Waals surface area contributed by atoms with Gasteiger partial charge in [0.25, 0.3) is 5.91 Å². The predicted octanol–water partition coefficient (Wildman–Crippen LogP) is 3.65. The molecule has 5 rings (SSSR count). The van der Waals surface area contributed by atoms with E-state index in [9.17, 15) is 4.79 Å². The van der Waals surface area contributed by atoms with Crippen molar-refractivity contribution in [2.75, 3.05) is 14.2 Å². The highest BCUT2D eigenvalue weighted by Crippen LogP contribution is 2.43. The fourth-order valence-corrected chi connectivity index (χ4v) is 5.44. The van der Waals surface area contributed by atoms with Gasteiger partial charge in [-0.25, -0.2) is 9.97 Å². The van der Waals surface area contributed by atoms with E-state index in [1.54, 1.807) is 20.5 Å². The minimum absolute atomic E-state index is 0.155. The molecule has 162 valence electrons. The molecule has 2 aliphatic rings. The Labute approximate surface area is 181 Å². The van der Waals surface area contributed by atoms with Gasteiger partial charge in [0, 0.05) is 24.4 Å². The van der Waals surface area contributed by atoms with Crippen LogP contribution in [0.5, 0.6) is 5.75 Å². The molecule has 1 N–H and O–H groups in total. The molecule has 2 aliphatic carbocycles. The lowest BCUT2D eigenvalue weighted by Crippen LogP contribution is -2.44. The van der Waals surface area contributed by atoms with Gasteiger partial charge in [0.15, 0.2) is 11.3 Å². The zero-order valence-corrected chi connectivity index (χ0v) is 18.2. The van der Waals surface area contributed by atoms with E-state index < -0.39 is 0 Å². The lowest BCUT2D eigenvalue weighted by molar-refractivity contribution is 0.00603. The van der Waals surface area contributed by atoms with E-state index in [-0.39, 0.29) is 11.9 Å². The number of ether oxygens (including phenoxy) is 2. The van der Waals surface area contributed by atoms with E-state index in [1.165, 1.54) is 12.8 Å². The predicted molar refractivity (Wildman–Crippen MR) is 117 cm³/mol. The summed E-state index contributed by atoms with van der Waals surface area (Å²) >= 11 is 0. The average Bonchev–Trinajstić information content (AvgIpc) is 3.32. The van der Waals surface area contributed by atoms with E-state index in [2.05, 4.69) is 10.3 Å². The topological polar surface area (TPSA) is 77.8 Å². The minimum atomic E-state index is -0.155. The molecule has 3 aromatic rings. The van der Waals surface area contributed by atoms with Crippen LogP contribution >= 0.6 is 0 Å². The first-order valence-corrected chi connectivity index (χ1v) is 10.9. The smallest absolute Gasteiger partial charge is 0.274 e. The second-order valence-electron chi connectivity index (χ2n) is 8.74. The summed E-state index contributed by atoms with van der Waals surface area (Å²) in [5.41, 5.74) is 3.63. The molecule has 2 bridgehead atoms. The SMILES string of the molecule is COc1cccc(-c2cc(C)n3cnc(C(=O)N[C@@H]4CC5CC[C@H](C4)[C@H]5OC)c3n2)c1. The van der Waals surface area contributed by atoms with E-state index >= 15 is 0 Å². The molecule has 0 spiro atoms. The number of aromatic nitrogens is 3. The number of methoxy groups -OCH3 is 2. The third kappa shape index (κ3) is 3.57. The number of fused-ring (bicyclic) bond motifs is 3. The highest BCUT2D eigenvalue weighted by Gasteiger charge is 2.43. The summed E-state index contributed by atoms with van der Waals surface area (Å²) in [5.74, 6) is 1.68. The van der Waals surface area contributed by atoms with E-state index in [0.717, 1.165) is 35.5 Å². The van der Waals surface area contributed by atoms with Crippen molar-refractivity contribution in [3.8, 4) is 17.0 Å². The van der Waals surface area contributed by atoms with Crippen molar-refractivity contribution in [2.45, 2.75) is 44.8 Å². The van der Waals surface area contributed by atoms with Gasteiger partial charge in [0.1, 0.15) is 12.1 Å². The van der Waals surface area contributed by atoms with Crippen molar-refractivity contribution in [1.82, 2.24) is 19.7 Å². The number of amides is 1. The number of hydrogen-bond donors (Lipinski definition) is 1. The summed E-state index contributed by atoms with van der Waals surface area (Å²) in [6.45, 7) is 1.99. The molecule has 2 heterocycles. The molecular formula is C24H28N4O3. The van der Waals surface area contributed by atoms with Crippen molar-refractivity contribution in [3.63, 3.8) is 0 Å². The maximum absolute atomic E-state index is 13.2. The standard InChI is InChI=1S/C24H28N4O3/c1-14-9-20(15-5-4-6-19(12-15)30-2)27-23-21(25-13-28(14)23)24(29)26-18-10-16-7-8-17(11-18)22(16)31-3/h4-6,9,12-13,16-18,22H,7-8,10-11H2,1-3H3,(H,26,29)/t16-,17?,18+,22-/m1/s1. The van der Waals surface area contributed by atoms with Crippen LogP contribution in [-0.2, 0) is 4.74 Å². The van der Waals surface area contributed by atoms with E-state index in [1.807, 2.05) is 41.7 Å². The van der Waals surface area contributed by atoms with Crippen LogP contribution in [0, 0.1) is 18.8 Å². The summed E-state index contributed by atoms with van der Waals surface area (Å²) in [5, 5.41) is 3.23. The zero-order chi connectivity index (χ0) is 21.5. The first-order valence-electron chi connectivity index (χ1n) is 10.9. The van der Waals surface area contributed by atoms with Crippen molar-refractivity contribution in [3.05, 3.63) is 48.0 Å². The molecule has 31 heavy (non-hydrogen) atoms. The number of benzene rings is 1. The first kappa shape index (κ1) is 20.0. The second-order valence-corrected chi connectivity index (χ2v) is 8.74. The number of aryl methyl sites for hydroxylation is 1. The molecule has 0 saturated heterocycles. The molecule has 0 radical (unpaired) electrons. The lowest BCUT2D eigenvalue weighted by atomic mass is 9.82. The van der Waals surface area contributed by atoms with Gasteiger partial charge in [0.05, 0.1) is 18.9 Å². The Kier molecular flexibility index (Phi) is 5.14. The second kappa shape index (κ2) is 7.96. The largest absolute Gasteiger partial charge is 0.497 e. The molecule has 1 unspecified atom stereocenters. The third-order valence-corrected chi connectivity index (χ3v) is 6.89. The summed E-state index contributed by atoms with van der Waals surface area (Å²) in [6, 6.07) is 9.92. The summed E-state index contributed by atoms with van der Waals surface area (Å²) < 4.78 is 12.9. The van der Waals surface area contributed by atoms with Gasteiger partial charge >= 0.3 is 0 Å². The maximum atomic E-state index is 13.2. The molecule has 0 aliphatic heterocycles. The van der Waals surface area contributed by atoms with Gasteiger partial charge in [-0.05, 0) is 62.6 Å². The van der Waals surface area contributed by atoms with Crippen molar-refractivity contribution < 1.29 is 14.3 Å². The molecular weight excluding hydrogens is 392 g/mol. The molecule has 1 aromatic carbocycles. The Hall–Kier alpha value is -2.93. The van der Waals surface area contributed by atoms with Gasteiger partial charge in [0.2, 0.25) is 0 Å². The minimum Gasteiger partial charge on any atom is -0.497 e. The van der Waals surface area contributed by atoms with Crippen LogP contribution in [0.1, 0.15) is 41.9 Å². The van der Waals surface area contributed by atoms with Gasteiger partial charge in [-0.3, -0.25) is 9.20 Å². The number of rotatable bonds is 5. The molecule has 2 fully saturated rings. The van der Waals surface area contributed by atoms with Crippen LogP contribution in [0.2, 0.25) is 0 Å². The molecule has 1 amide bonds. The number of nitrogens with zero attached hydrogens (tertiary/aromatic N) is 3. The quantitative estimate of drug-likeness (QED) is 0.682. The highest BCUT2D eigenvalue weighted by atomic mass is 16.5. The Bertz CT molecular complexity index is 1110. The fraction of sp³-hybridized carbons (Fsp3) is 0.458. The molecule has 2 saturated carbocycles. The molecule has 4 atom stereocenters. The fourth-order valence-electron chi connectivity index (χ4n) is 5.44. The van der Waals surface area contributed by atoms with Gasteiger partial charge in [-0.1, -0.05) is 12.1 Å². The third-order valence-electron chi connectivity index (χ3n) is 6.89. The monoisotopic (exact) mass is 420 g/mol. The van der Waals surface area contributed by atoms with E-state index in [0.29, 0.717) is 29.3 Å². The van der Waals surface area contributed by atoms with Crippen molar-refractivity contribution >= 4 is 11.6 Å². The highest BCUT2D eigenvalue weighted by molar-refractivity contribution is 5.98. The molecule has 7 nitrogen and oxygen atoms in total. The number of nitrogens with one attached hydrogen (secondary N) is 1. The molecule has 2 aromatic heterocycles. The van der Waals surface area contributed by atoms with Crippen LogP contribution in [0.4, 0.5) is 0 Å². The summed E-state index contributed by atoms with van der Waals surface area (Å²) in [4.78, 5) is 22.4. The van der Waals surface area contributed by atoms with Gasteiger partial charge < -0.3 is 14.8 Å². The Morgan fingerprint density at radius 3 is 2.65 bits per heavy atom. The summed E-state index contributed by atoms with van der Waals surface area (Å²) in [6.07, 6.45) is 6.33. The number of imidazole rings is 1. The van der Waals surface area contributed by atoms with Crippen LogP contribution < -0.4 is 10.1 Å². The zero-order valence-electron chi connectivity index (χ0n) is 18.2. The Morgan fingerprint density at radius 1 is 1.16 bits per heavy atom. The van der Waals surface area contributed by atoms with Crippen molar-refractivity contribution in [2.24, 2.45) is 11.8 Å². The number of carbonyl (C=O) groups excluding carboxylic acids is 1. The van der Waals surface area contributed by atoms with Crippen LogP contribution in [0.25, 0.3) is 16.9 Å². The maximum Gasteiger partial charge on any atom is 0.274 e. The average molecular weight is 421 g/mol.